The third-order valence-corrected chi connectivity index (χ3v) is 7.26. The summed E-state index contributed by atoms with van der Waals surface area (Å²) in [6.07, 6.45) is 5.36. The summed E-state index contributed by atoms with van der Waals surface area (Å²) in [5, 5.41) is 21.2. The molecule has 0 bridgehead atoms. The first-order chi connectivity index (χ1) is 10.5. The fourth-order valence-corrected chi connectivity index (χ4v) is 6.07. The fourth-order valence-electron chi connectivity index (χ4n) is 6.07. The molecule has 3 rings (SSSR count). The van der Waals surface area contributed by atoms with Gasteiger partial charge in [0.25, 0.3) is 0 Å². The predicted molar refractivity (Wildman–Crippen MR) is 90.8 cm³/mol. The quantitative estimate of drug-likeness (QED) is 0.777. The van der Waals surface area contributed by atoms with Gasteiger partial charge in [-0.1, -0.05) is 33.8 Å². The van der Waals surface area contributed by atoms with E-state index in [0.717, 1.165) is 18.4 Å². The molecule has 0 aromatic rings. The number of hydrogen-bond acceptors (Lipinski definition) is 3. The van der Waals surface area contributed by atoms with Gasteiger partial charge < -0.3 is 10.2 Å². The first-order valence-corrected chi connectivity index (χ1v) is 9.15. The van der Waals surface area contributed by atoms with Crippen LogP contribution in [0.2, 0.25) is 0 Å². The van der Waals surface area contributed by atoms with Gasteiger partial charge in [0, 0.05) is 18.8 Å². The van der Waals surface area contributed by atoms with Crippen LogP contribution in [0.5, 0.6) is 0 Å². The molecule has 2 fully saturated rings. The molecule has 0 unspecified atom stereocenters. The van der Waals surface area contributed by atoms with Crippen LogP contribution in [-0.2, 0) is 4.79 Å². The molecule has 0 aromatic heterocycles. The van der Waals surface area contributed by atoms with Gasteiger partial charge in [-0.15, -0.1) is 0 Å². The second-order valence-electron chi connectivity index (χ2n) is 9.53. The van der Waals surface area contributed by atoms with Gasteiger partial charge in [-0.05, 0) is 54.4 Å². The van der Waals surface area contributed by atoms with Crippen molar-refractivity contribution >= 4 is 5.78 Å². The van der Waals surface area contributed by atoms with Crippen molar-refractivity contribution in [3.8, 4) is 0 Å². The minimum atomic E-state index is -0.944. The van der Waals surface area contributed by atoms with Crippen LogP contribution in [0.25, 0.3) is 0 Å². The van der Waals surface area contributed by atoms with Gasteiger partial charge >= 0.3 is 0 Å². The highest BCUT2D eigenvalue weighted by Gasteiger charge is 2.56. The Hall–Kier alpha value is -0.670. The molecular weight excluding hydrogens is 288 g/mol. The van der Waals surface area contributed by atoms with Gasteiger partial charge in [0.05, 0.1) is 11.7 Å². The first kappa shape index (κ1) is 17.2. The van der Waals surface area contributed by atoms with Crippen molar-refractivity contribution in [2.75, 3.05) is 0 Å². The molecule has 0 amide bonds. The van der Waals surface area contributed by atoms with Crippen molar-refractivity contribution in [1.82, 2.24) is 0 Å². The highest BCUT2D eigenvalue weighted by atomic mass is 16.3. The fraction of sp³-hybridized carbons (Fsp3) is 0.850. The molecule has 130 valence electrons. The normalized spacial score (nSPS) is 50.3. The average molecular weight is 320 g/mol. The minimum Gasteiger partial charge on any atom is -0.393 e. The second-order valence-corrected chi connectivity index (χ2v) is 9.53. The SMILES string of the molecule is CC(C)[C@H]1CC(=O)C2=C[C@H]3[C@](C)(CC[C@@]21C)C[C@H](O)C[C@]3(C)O. The van der Waals surface area contributed by atoms with Crippen molar-refractivity contribution in [1.29, 1.82) is 0 Å². The van der Waals surface area contributed by atoms with Crippen LogP contribution in [0.1, 0.15) is 66.7 Å². The number of aliphatic hydroxyl groups excluding tert-OH is 1. The van der Waals surface area contributed by atoms with E-state index in [1.807, 2.05) is 6.92 Å². The molecular formula is C20H32O3. The largest absolute Gasteiger partial charge is 0.393 e. The van der Waals surface area contributed by atoms with Gasteiger partial charge in [-0.3, -0.25) is 4.79 Å². The summed E-state index contributed by atoms with van der Waals surface area (Å²) in [6, 6.07) is 0. The van der Waals surface area contributed by atoms with Crippen LogP contribution >= 0.6 is 0 Å². The molecule has 0 spiro atoms. The summed E-state index contributed by atoms with van der Waals surface area (Å²) in [5.74, 6) is 1.09. The highest BCUT2D eigenvalue weighted by Crippen LogP contribution is 2.60. The second kappa shape index (κ2) is 5.16. The lowest BCUT2D eigenvalue weighted by Crippen LogP contribution is -2.51. The number of Topliss-reactive ketones (excluding diaryl/α,β-unsaturated/α-hetero) is 1. The van der Waals surface area contributed by atoms with Crippen LogP contribution in [0, 0.1) is 28.6 Å². The molecule has 3 aliphatic carbocycles. The van der Waals surface area contributed by atoms with E-state index in [2.05, 4.69) is 33.8 Å². The summed E-state index contributed by atoms with van der Waals surface area (Å²) < 4.78 is 0. The van der Waals surface area contributed by atoms with Crippen LogP contribution in [0.4, 0.5) is 0 Å². The van der Waals surface area contributed by atoms with E-state index in [-0.39, 0.29) is 22.5 Å². The molecule has 2 N–H and O–H groups in total. The first-order valence-electron chi connectivity index (χ1n) is 9.15. The van der Waals surface area contributed by atoms with Crippen molar-refractivity contribution in [2.45, 2.75) is 78.4 Å². The van der Waals surface area contributed by atoms with Crippen LogP contribution in [-0.4, -0.2) is 27.7 Å². The summed E-state index contributed by atoms with van der Waals surface area (Å²) in [4.78, 5) is 12.7. The zero-order valence-electron chi connectivity index (χ0n) is 15.2. The number of aliphatic hydroxyl groups is 2. The van der Waals surface area contributed by atoms with Crippen LogP contribution in [0.3, 0.4) is 0 Å². The molecule has 0 aromatic carbocycles. The monoisotopic (exact) mass is 320 g/mol. The molecule has 3 aliphatic rings. The van der Waals surface area contributed by atoms with E-state index in [4.69, 9.17) is 0 Å². The highest BCUT2D eigenvalue weighted by molar-refractivity contribution is 5.99. The van der Waals surface area contributed by atoms with Crippen molar-refractivity contribution in [2.24, 2.45) is 28.6 Å². The minimum absolute atomic E-state index is 0.0508. The van der Waals surface area contributed by atoms with E-state index in [1.165, 1.54) is 0 Å². The van der Waals surface area contributed by atoms with Crippen molar-refractivity contribution < 1.29 is 15.0 Å². The van der Waals surface area contributed by atoms with E-state index >= 15 is 0 Å². The van der Waals surface area contributed by atoms with Crippen molar-refractivity contribution in [3.05, 3.63) is 11.6 Å². The third-order valence-electron chi connectivity index (χ3n) is 7.26. The van der Waals surface area contributed by atoms with E-state index in [0.29, 0.717) is 31.1 Å². The Labute approximate surface area is 140 Å². The lowest BCUT2D eigenvalue weighted by atomic mass is 9.58. The Kier molecular flexibility index (Phi) is 3.85. The molecule has 3 nitrogen and oxygen atoms in total. The number of allylic oxidation sites excluding steroid dienone is 1. The lowest BCUT2D eigenvalue weighted by molar-refractivity contribution is -0.120. The molecule has 23 heavy (non-hydrogen) atoms. The molecule has 0 radical (unpaired) electrons. The number of fused-ring (bicyclic) bond motifs is 2. The lowest BCUT2D eigenvalue weighted by Gasteiger charge is -2.50. The number of carbonyl (C=O) groups excluding carboxylic acids is 1. The van der Waals surface area contributed by atoms with Gasteiger partial charge in [0.2, 0.25) is 0 Å². The molecule has 3 heteroatoms. The summed E-state index contributed by atoms with van der Waals surface area (Å²) >= 11 is 0. The zero-order valence-corrected chi connectivity index (χ0v) is 15.2. The Morgan fingerprint density at radius 3 is 2.43 bits per heavy atom. The van der Waals surface area contributed by atoms with E-state index in [1.54, 1.807) is 0 Å². The third kappa shape index (κ3) is 2.51. The smallest absolute Gasteiger partial charge is 0.159 e. The molecule has 6 atom stereocenters. The predicted octanol–water partition coefficient (Wildman–Crippen LogP) is 3.49. The molecule has 2 saturated carbocycles. The number of hydrogen-bond donors (Lipinski definition) is 2. The van der Waals surface area contributed by atoms with Gasteiger partial charge in [0.1, 0.15) is 0 Å². The summed E-state index contributed by atoms with van der Waals surface area (Å²) in [5.41, 5.74) is -0.196. The van der Waals surface area contributed by atoms with E-state index in [9.17, 15) is 15.0 Å². The molecule has 0 heterocycles. The Balaban J connectivity index is 2.09. The van der Waals surface area contributed by atoms with Crippen molar-refractivity contribution in [3.63, 3.8) is 0 Å². The summed E-state index contributed by atoms with van der Waals surface area (Å²) in [6.45, 7) is 10.7. The van der Waals surface area contributed by atoms with Crippen LogP contribution in [0.15, 0.2) is 11.6 Å². The Morgan fingerprint density at radius 1 is 1.17 bits per heavy atom. The number of ketones is 1. The van der Waals surface area contributed by atoms with Crippen LogP contribution < -0.4 is 0 Å². The Morgan fingerprint density at radius 2 is 1.83 bits per heavy atom. The number of rotatable bonds is 1. The maximum absolute atomic E-state index is 12.7. The summed E-state index contributed by atoms with van der Waals surface area (Å²) in [7, 11) is 0. The van der Waals surface area contributed by atoms with E-state index < -0.39 is 11.7 Å². The topological polar surface area (TPSA) is 57.5 Å². The zero-order chi connectivity index (χ0) is 17.2. The molecule has 0 aliphatic heterocycles. The standard InChI is InChI=1S/C20H32O3/c1-12(2)14-8-16(22)15-9-17-18(3,6-7-19(14,15)4)10-13(21)11-20(17,5)23/h9,12-14,17,21,23H,6-8,10-11H2,1-5H3/t13-,14+,17-,18+,19+,20-/m0/s1. The maximum atomic E-state index is 12.7. The Bertz CT molecular complexity index is 547. The number of carbonyl (C=O) groups is 1. The maximum Gasteiger partial charge on any atom is 0.159 e. The van der Waals surface area contributed by atoms with Gasteiger partial charge in [-0.2, -0.15) is 0 Å². The molecule has 0 saturated heterocycles. The van der Waals surface area contributed by atoms with Gasteiger partial charge in [-0.25, -0.2) is 0 Å². The average Bonchev–Trinajstić information content (AvgIpc) is 2.56. The van der Waals surface area contributed by atoms with Gasteiger partial charge in [0.15, 0.2) is 5.78 Å².